The van der Waals surface area contributed by atoms with Crippen LogP contribution in [0.15, 0.2) is 48.5 Å². The molecule has 0 bridgehead atoms. The van der Waals surface area contributed by atoms with E-state index in [4.69, 9.17) is 4.74 Å². The van der Waals surface area contributed by atoms with Crippen LogP contribution in [-0.4, -0.2) is 58.3 Å². The van der Waals surface area contributed by atoms with Gasteiger partial charge in [-0.05, 0) is 34.6 Å². The summed E-state index contributed by atoms with van der Waals surface area (Å²) in [6, 6.07) is 14.5. The van der Waals surface area contributed by atoms with Crippen molar-refractivity contribution in [2.75, 3.05) is 18.2 Å². The molecule has 8 heteroatoms. The average Bonchev–Trinajstić information content (AvgIpc) is 3.45. The standard InChI is InChI=1S/C26H30N2O5S/c1-3-16(2)12-22(24(29)28-15-34-14-23(28)25(30)31)27-26(32)33-13-21-19-10-6-4-8-17(19)18-9-5-7-11-20(18)21/h4-11,16,21-23H,3,12-15H2,1-2H3,(H,27,32)(H,30,31)/t16?,22?,23-/m0/s1. The molecule has 0 saturated carbocycles. The Morgan fingerprint density at radius 3 is 2.32 bits per heavy atom. The van der Waals surface area contributed by atoms with E-state index in [2.05, 4.69) is 17.4 Å². The number of fused-ring (bicyclic) bond motifs is 3. The topological polar surface area (TPSA) is 95.9 Å². The Balaban J connectivity index is 1.45. The van der Waals surface area contributed by atoms with Crippen molar-refractivity contribution in [1.82, 2.24) is 10.2 Å². The molecule has 1 heterocycles. The Morgan fingerprint density at radius 2 is 1.74 bits per heavy atom. The van der Waals surface area contributed by atoms with Gasteiger partial charge in [-0.3, -0.25) is 4.79 Å². The monoisotopic (exact) mass is 482 g/mol. The third-order valence-corrected chi connectivity index (χ3v) is 7.73. The van der Waals surface area contributed by atoms with E-state index in [1.807, 2.05) is 50.2 Å². The number of aliphatic carboxylic acids is 1. The maximum Gasteiger partial charge on any atom is 0.407 e. The number of nitrogens with zero attached hydrogens (tertiary/aromatic N) is 1. The van der Waals surface area contributed by atoms with Crippen molar-refractivity contribution in [2.24, 2.45) is 5.92 Å². The van der Waals surface area contributed by atoms with Gasteiger partial charge < -0.3 is 20.1 Å². The van der Waals surface area contributed by atoms with Crippen LogP contribution in [0.3, 0.4) is 0 Å². The van der Waals surface area contributed by atoms with Gasteiger partial charge in [-0.2, -0.15) is 0 Å². The molecule has 180 valence electrons. The van der Waals surface area contributed by atoms with Crippen molar-refractivity contribution in [3.63, 3.8) is 0 Å². The van der Waals surface area contributed by atoms with E-state index in [0.717, 1.165) is 28.7 Å². The number of hydrogen-bond acceptors (Lipinski definition) is 5. The highest BCUT2D eigenvalue weighted by Gasteiger charge is 2.39. The van der Waals surface area contributed by atoms with Gasteiger partial charge in [0.25, 0.3) is 0 Å². The van der Waals surface area contributed by atoms with Crippen molar-refractivity contribution in [3.05, 3.63) is 59.7 Å². The second-order valence-electron chi connectivity index (χ2n) is 8.93. The van der Waals surface area contributed by atoms with E-state index in [0.29, 0.717) is 18.1 Å². The number of benzene rings is 2. The first kappa shape index (κ1) is 24.1. The molecule has 4 rings (SSSR count). The molecule has 34 heavy (non-hydrogen) atoms. The number of ether oxygens (including phenoxy) is 1. The van der Waals surface area contributed by atoms with E-state index in [1.165, 1.54) is 16.7 Å². The third-order valence-electron chi connectivity index (χ3n) is 6.72. The highest BCUT2D eigenvalue weighted by atomic mass is 32.2. The summed E-state index contributed by atoms with van der Waals surface area (Å²) in [5.74, 6) is -0.635. The number of carboxylic acids is 1. The Kier molecular flexibility index (Phi) is 7.46. The number of thioether (sulfide) groups is 1. The molecule has 1 fully saturated rings. The third kappa shape index (κ3) is 4.92. The second kappa shape index (κ2) is 10.5. The minimum Gasteiger partial charge on any atom is -0.480 e. The number of hydrogen-bond donors (Lipinski definition) is 2. The lowest BCUT2D eigenvalue weighted by atomic mass is 9.98. The zero-order valence-corrected chi connectivity index (χ0v) is 20.2. The van der Waals surface area contributed by atoms with Crippen LogP contribution in [0.25, 0.3) is 11.1 Å². The van der Waals surface area contributed by atoms with E-state index in [-0.39, 0.29) is 24.3 Å². The fraction of sp³-hybridized carbons (Fsp3) is 0.423. The number of carbonyl (C=O) groups is 3. The number of rotatable bonds is 8. The van der Waals surface area contributed by atoms with Crippen molar-refractivity contribution in [1.29, 1.82) is 0 Å². The first-order valence-corrected chi connectivity index (χ1v) is 12.8. The van der Waals surface area contributed by atoms with Crippen LogP contribution >= 0.6 is 11.8 Å². The first-order valence-electron chi connectivity index (χ1n) is 11.6. The highest BCUT2D eigenvalue weighted by molar-refractivity contribution is 7.99. The van der Waals surface area contributed by atoms with Gasteiger partial charge in [0, 0.05) is 11.7 Å². The molecule has 2 aliphatic rings. The summed E-state index contributed by atoms with van der Waals surface area (Å²) in [6.07, 6.45) is 0.600. The summed E-state index contributed by atoms with van der Waals surface area (Å²) in [5.41, 5.74) is 4.51. The van der Waals surface area contributed by atoms with Gasteiger partial charge >= 0.3 is 12.1 Å². The maximum atomic E-state index is 13.2. The van der Waals surface area contributed by atoms with Crippen molar-refractivity contribution in [3.8, 4) is 11.1 Å². The van der Waals surface area contributed by atoms with Gasteiger partial charge in [0.1, 0.15) is 18.7 Å². The molecule has 2 unspecified atom stereocenters. The van der Waals surface area contributed by atoms with Gasteiger partial charge in [0.2, 0.25) is 5.91 Å². The van der Waals surface area contributed by atoms with Crippen LogP contribution in [0.1, 0.15) is 43.7 Å². The van der Waals surface area contributed by atoms with Gasteiger partial charge in [-0.15, -0.1) is 11.8 Å². The lowest BCUT2D eigenvalue weighted by Crippen LogP contribution is -2.52. The molecule has 1 aliphatic carbocycles. The second-order valence-corrected chi connectivity index (χ2v) is 9.93. The number of alkyl carbamates (subject to hydrolysis) is 1. The Morgan fingerprint density at radius 1 is 1.12 bits per heavy atom. The SMILES string of the molecule is CCC(C)CC(NC(=O)OCC1c2ccccc2-c2ccccc21)C(=O)N1CSC[C@H]1C(=O)O. The molecule has 7 nitrogen and oxygen atoms in total. The van der Waals surface area contributed by atoms with Crippen LogP contribution in [0, 0.1) is 5.92 Å². The van der Waals surface area contributed by atoms with Gasteiger partial charge in [0.05, 0.1) is 5.88 Å². The van der Waals surface area contributed by atoms with Crippen molar-refractivity contribution < 1.29 is 24.2 Å². The van der Waals surface area contributed by atoms with Crippen molar-refractivity contribution >= 4 is 29.7 Å². The normalized spacial score (nSPS) is 18.6. The van der Waals surface area contributed by atoms with Crippen molar-refractivity contribution in [2.45, 2.75) is 44.7 Å². The summed E-state index contributed by atoms with van der Waals surface area (Å²) >= 11 is 1.40. The first-order chi connectivity index (χ1) is 16.4. The summed E-state index contributed by atoms with van der Waals surface area (Å²) in [5, 5.41) is 12.2. The zero-order valence-electron chi connectivity index (χ0n) is 19.4. The number of amides is 2. The van der Waals surface area contributed by atoms with E-state index >= 15 is 0 Å². The van der Waals surface area contributed by atoms with Gasteiger partial charge in [0.15, 0.2) is 0 Å². The molecule has 0 radical (unpaired) electrons. The molecule has 2 aromatic carbocycles. The predicted molar refractivity (Wildman–Crippen MR) is 132 cm³/mol. The predicted octanol–water partition coefficient (Wildman–Crippen LogP) is 4.32. The minimum atomic E-state index is -1.03. The lowest BCUT2D eigenvalue weighted by Gasteiger charge is -2.28. The summed E-state index contributed by atoms with van der Waals surface area (Å²) < 4.78 is 5.63. The van der Waals surface area contributed by atoms with E-state index in [9.17, 15) is 19.5 Å². The molecule has 2 amide bonds. The number of carbonyl (C=O) groups excluding carboxylic acids is 2. The van der Waals surface area contributed by atoms with Crippen LogP contribution in [-0.2, 0) is 14.3 Å². The summed E-state index contributed by atoms with van der Waals surface area (Å²) in [6.45, 7) is 4.18. The van der Waals surface area contributed by atoms with Crippen LogP contribution in [0.4, 0.5) is 4.79 Å². The molecular formula is C26H30N2O5S. The van der Waals surface area contributed by atoms with Gasteiger partial charge in [-0.25, -0.2) is 9.59 Å². The largest absolute Gasteiger partial charge is 0.480 e. The zero-order chi connectivity index (χ0) is 24.2. The van der Waals surface area contributed by atoms with Crippen LogP contribution in [0.2, 0.25) is 0 Å². The quantitative estimate of drug-likeness (QED) is 0.582. The number of nitrogens with one attached hydrogen (secondary N) is 1. The smallest absolute Gasteiger partial charge is 0.407 e. The molecule has 1 saturated heterocycles. The Hall–Kier alpha value is -3.00. The molecule has 2 N–H and O–H groups in total. The van der Waals surface area contributed by atoms with Crippen LogP contribution < -0.4 is 5.32 Å². The van der Waals surface area contributed by atoms with E-state index < -0.39 is 24.1 Å². The molecular weight excluding hydrogens is 452 g/mol. The number of carboxylic acid groups (broad SMARTS) is 1. The summed E-state index contributed by atoms with van der Waals surface area (Å²) in [4.78, 5) is 38.9. The van der Waals surface area contributed by atoms with E-state index in [1.54, 1.807) is 0 Å². The Bertz CT molecular complexity index is 1030. The molecule has 2 aromatic rings. The van der Waals surface area contributed by atoms with Gasteiger partial charge in [-0.1, -0.05) is 68.8 Å². The molecule has 3 atom stereocenters. The molecule has 1 aliphatic heterocycles. The van der Waals surface area contributed by atoms with Crippen LogP contribution in [0.5, 0.6) is 0 Å². The summed E-state index contributed by atoms with van der Waals surface area (Å²) in [7, 11) is 0. The highest BCUT2D eigenvalue weighted by Crippen LogP contribution is 2.44. The average molecular weight is 483 g/mol. The maximum absolute atomic E-state index is 13.2. The fourth-order valence-electron chi connectivity index (χ4n) is 4.64. The minimum absolute atomic E-state index is 0.0757. The lowest BCUT2D eigenvalue weighted by molar-refractivity contribution is -0.148. The fourth-order valence-corrected chi connectivity index (χ4v) is 5.79. The Labute approximate surface area is 203 Å². The molecule has 0 aromatic heterocycles. The molecule has 0 spiro atoms.